The van der Waals surface area contributed by atoms with Crippen LogP contribution in [0.4, 0.5) is 0 Å². The van der Waals surface area contributed by atoms with Crippen molar-refractivity contribution in [3.05, 3.63) is 52.8 Å². The summed E-state index contributed by atoms with van der Waals surface area (Å²) in [6.07, 6.45) is 6.57. The van der Waals surface area contributed by atoms with Crippen LogP contribution in [-0.2, 0) is 6.42 Å². The van der Waals surface area contributed by atoms with Crippen LogP contribution in [0, 0.1) is 0 Å². The van der Waals surface area contributed by atoms with E-state index in [1.807, 2.05) is 0 Å². The Balaban J connectivity index is 2.12. The van der Waals surface area contributed by atoms with Crippen molar-refractivity contribution < 1.29 is 4.79 Å². The molecule has 0 aliphatic carbocycles. The third kappa shape index (κ3) is 2.70. The van der Waals surface area contributed by atoms with E-state index in [-0.39, 0.29) is 12.2 Å². The molecule has 2 aromatic heterocycles. The topological polar surface area (TPSA) is 55.7 Å². The van der Waals surface area contributed by atoms with E-state index >= 15 is 0 Å². The van der Waals surface area contributed by atoms with E-state index in [1.165, 1.54) is 6.33 Å². The highest BCUT2D eigenvalue weighted by Crippen LogP contribution is 2.09. The van der Waals surface area contributed by atoms with E-state index < -0.39 is 0 Å². The number of hydrogen-bond acceptors (Lipinski definition) is 4. The van der Waals surface area contributed by atoms with Crippen LogP contribution in [0.15, 0.2) is 41.5 Å². The molecule has 0 saturated carbocycles. The van der Waals surface area contributed by atoms with Crippen LogP contribution in [0.5, 0.6) is 0 Å². The second-order valence-electron chi connectivity index (χ2n) is 3.21. The Morgan fingerprint density at radius 3 is 2.56 bits per heavy atom. The predicted molar refractivity (Wildman–Crippen MR) is 62.0 cm³/mol. The minimum atomic E-state index is -0.0395. The number of nitrogens with zero attached hydrogens (tertiary/aromatic N) is 3. The van der Waals surface area contributed by atoms with Gasteiger partial charge < -0.3 is 0 Å². The van der Waals surface area contributed by atoms with Crippen molar-refractivity contribution in [2.24, 2.45) is 0 Å². The Bertz CT molecular complexity index is 484. The molecule has 0 amide bonds. The minimum Gasteiger partial charge on any atom is -0.292 e. The van der Waals surface area contributed by atoms with Gasteiger partial charge in [0.05, 0.1) is 0 Å². The van der Waals surface area contributed by atoms with Crippen LogP contribution >= 0.6 is 15.9 Å². The van der Waals surface area contributed by atoms with Gasteiger partial charge in [-0.25, -0.2) is 9.97 Å². The van der Waals surface area contributed by atoms with E-state index in [0.29, 0.717) is 5.69 Å². The van der Waals surface area contributed by atoms with Crippen LogP contribution < -0.4 is 0 Å². The second-order valence-corrected chi connectivity index (χ2v) is 4.12. The minimum absolute atomic E-state index is 0.0395. The molecule has 0 saturated heterocycles. The van der Waals surface area contributed by atoms with E-state index in [2.05, 4.69) is 30.9 Å². The summed E-state index contributed by atoms with van der Waals surface area (Å²) in [5.41, 5.74) is 1.24. The first-order valence-electron chi connectivity index (χ1n) is 4.64. The summed E-state index contributed by atoms with van der Waals surface area (Å²) in [7, 11) is 0. The van der Waals surface area contributed by atoms with Crippen molar-refractivity contribution in [2.45, 2.75) is 6.42 Å². The Morgan fingerprint density at radius 2 is 1.94 bits per heavy atom. The normalized spacial score (nSPS) is 10.1. The summed E-state index contributed by atoms with van der Waals surface area (Å²) >= 11 is 3.27. The number of ketones is 1. The van der Waals surface area contributed by atoms with Gasteiger partial charge in [-0.05, 0) is 33.6 Å². The molecule has 0 spiro atoms. The van der Waals surface area contributed by atoms with Gasteiger partial charge in [-0.3, -0.25) is 9.78 Å². The maximum atomic E-state index is 11.8. The van der Waals surface area contributed by atoms with Crippen LogP contribution in [0.25, 0.3) is 0 Å². The SMILES string of the molecule is O=C(Cc1cncnc1)c1ccc(Br)cn1. The molecular formula is C11H8BrN3O. The molecule has 0 atom stereocenters. The van der Waals surface area contributed by atoms with Gasteiger partial charge in [0.15, 0.2) is 5.78 Å². The zero-order chi connectivity index (χ0) is 11.4. The first kappa shape index (κ1) is 10.9. The van der Waals surface area contributed by atoms with Crippen molar-refractivity contribution in [3.8, 4) is 0 Å². The third-order valence-electron chi connectivity index (χ3n) is 1.99. The summed E-state index contributed by atoms with van der Waals surface area (Å²) in [6.45, 7) is 0. The number of Topliss-reactive ketones (excluding diaryl/α,β-unsaturated/α-hetero) is 1. The van der Waals surface area contributed by atoms with E-state index in [4.69, 9.17) is 0 Å². The van der Waals surface area contributed by atoms with E-state index in [0.717, 1.165) is 10.0 Å². The molecule has 80 valence electrons. The molecule has 4 nitrogen and oxygen atoms in total. The fourth-order valence-electron chi connectivity index (χ4n) is 1.24. The van der Waals surface area contributed by atoms with Crippen LogP contribution in [-0.4, -0.2) is 20.7 Å². The zero-order valence-corrected chi connectivity index (χ0v) is 9.89. The molecule has 0 bridgehead atoms. The van der Waals surface area contributed by atoms with Gasteiger partial charge in [-0.2, -0.15) is 0 Å². The zero-order valence-electron chi connectivity index (χ0n) is 8.30. The molecule has 0 radical (unpaired) electrons. The largest absolute Gasteiger partial charge is 0.292 e. The van der Waals surface area contributed by atoms with Gasteiger partial charge in [-0.15, -0.1) is 0 Å². The summed E-state index contributed by atoms with van der Waals surface area (Å²) in [6, 6.07) is 3.48. The van der Waals surface area contributed by atoms with E-state index in [1.54, 1.807) is 30.7 Å². The standard InChI is InChI=1S/C11H8BrN3O/c12-9-1-2-10(15-6-9)11(16)3-8-4-13-7-14-5-8/h1-2,4-7H,3H2. The maximum Gasteiger partial charge on any atom is 0.185 e. The Labute approximate surface area is 101 Å². The lowest BCUT2D eigenvalue weighted by atomic mass is 10.1. The molecule has 0 unspecified atom stereocenters. The summed E-state index contributed by atoms with van der Waals surface area (Å²) in [4.78, 5) is 23.5. The Hall–Kier alpha value is -1.62. The van der Waals surface area contributed by atoms with Crippen LogP contribution in [0.3, 0.4) is 0 Å². The lowest BCUT2D eigenvalue weighted by Crippen LogP contribution is -2.06. The number of rotatable bonds is 3. The molecule has 16 heavy (non-hydrogen) atoms. The third-order valence-corrected chi connectivity index (χ3v) is 2.46. The first-order valence-corrected chi connectivity index (χ1v) is 5.43. The fraction of sp³-hybridized carbons (Fsp3) is 0.0909. The number of carbonyl (C=O) groups is 1. The van der Waals surface area contributed by atoms with Gasteiger partial charge in [0.1, 0.15) is 12.0 Å². The molecule has 0 fully saturated rings. The van der Waals surface area contributed by atoms with Crippen LogP contribution in [0.2, 0.25) is 0 Å². The molecule has 2 rings (SSSR count). The van der Waals surface area contributed by atoms with Gasteiger partial charge in [0.25, 0.3) is 0 Å². The number of hydrogen-bond donors (Lipinski definition) is 0. The summed E-state index contributed by atoms with van der Waals surface area (Å²) in [5.74, 6) is -0.0395. The van der Waals surface area contributed by atoms with Crippen LogP contribution in [0.1, 0.15) is 16.1 Å². The smallest absolute Gasteiger partial charge is 0.185 e. The van der Waals surface area contributed by atoms with Crippen molar-refractivity contribution in [1.29, 1.82) is 0 Å². The lowest BCUT2D eigenvalue weighted by Gasteiger charge is -1.99. The monoisotopic (exact) mass is 277 g/mol. The number of halogens is 1. The maximum absolute atomic E-state index is 11.8. The van der Waals surface area contributed by atoms with Gasteiger partial charge >= 0.3 is 0 Å². The predicted octanol–water partition coefficient (Wildman–Crippen LogP) is 2.06. The quantitative estimate of drug-likeness (QED) is 0.806. The number of aromatic nitrogens is 3. The number of carbonyl (C=O) groups excluding carboxylic acids is 1. The lowest BCUT2D eigenvalue weighted by molar-refractivity contribution is 0.0988. The molecule has 0 aliphatic heterocycles. The van der Waals surface area contributed by atoms with Crippen molar-refractivity contribution in [1.82, 2.24) is 15.0 Å². The molecule has 2 heterocycles. The molecule has 0 aromatic carbocycles. The first-order chi connectivity index (χ1) is 7.75. The van der Waals surface area contributed by atoms with Crippen molar-refractivity contribution >= 4 is 21.7 Å². The average molecular weight is 278 g/mol. The molecule has 2 aromatic rings. The fourth-order valence-corrected chi connectivity index (χ4v) is 1.47. The molecular weight excluding hydrogens is 270 g/mol. The highest BCUT2D eigenvalue weighted by molar-refractivity contribution is 9.10. The van der Waals surface area contributed by atoms with Gasteiger partial charge in [-0.1, -0.05) is 0 Å². The Morgan fingerprint density at radius 1 is 1.19 bits per heavy atom. The second kappa shape index (κ2) is 4.94. The average Bonchev–Trinajstić information content (AvgIpc) is 2.31. The van der Waals surface area contributed by atoms with Gasteiger partial charge in [0.2, 0.25) is 0 Å². The van der Waals surface area contributed by atoms with E-state index in [9.17, 15) is 4.79 Å². The summed E-state index contributed by atoms with van der Waals surface area (Å²) in [5, 5.41) is 0. The molecule has 5 heteroatoms. The highest BCUT2D eigenvalue weighted by Gasteiger charge is 2.08. The molecule has 0 aliphatic rings. The number of pyridine rings is 1. The van der Waals surface area contributed by atoms with Gasteiger partial charge in [0, 0.05) is 29.5 Å². The van der Waals surface area contributed by atoms with Crippen molar-refractivity contribution in [3.63, 3.8) is 0 Å². The van der Waals surface area contributed by atoms with Crippen molar-refractivity contribution in [2.75, 3.05) is 0 Å². The Kier molecular flexibility index (Phi) is 3.36. The summed E-state index contributed by atoms with van der Waals surface area (Å²) < 4.78 is 0.854. The molecule has 0 N–H and O–H groups in total. The highest BCUT2D eigenvalue weighted by atomic mass is 79.9.